The number of fused-ring (bicyclic) bond motifs is 4. The third-order valence-corrected chi connectivity index (χ3v) is 9.59. The zero-order valence-electron chi connectivity index (χ0n) is 28.0. The summed E-state index contributed by atoms with van der Waals surface area (Å²) in [5, 5.41) is 6.84. The number of pyridine rings is 3. The number of nitrogens with zero attached hydrogens (tertiary/aromatic N) is 5. The maximum absolute atomic E-state index is 5.23. The Morgan fingerprint density at radius 1 is 0.231 bits per heavy atom. The van der Waals surface area contributed by atoms with E-state index in [-0.39, 0.29) is 0 Å². The van der Waals surface area contributed by atoms with Crippen LogP contribution in [0.4, 0.5) is 0 Å². The molecule has 0 amide bonds. The predicted molar refractivity (Wildman–Crippen MR) is 213 cm³/mol. The van der Waals surface area contributed by atoms with Gasteiger partial charge in [0.2, 0.25) is 0 Å². The van der Waals surface area contributed by atoms with Crippen LogP contribution in [-0.4, -0.2) is 24.9 Å². The van der Waals surface area contributed by atoms with Gasteiger partial charge >= 0.3 is 0 Å². The number of rotatable bonds is 5. The van der Waals surface area contributed by atoms with Gasteiger partial charge in [-0.15, -0.1) is 0 Å². The van der Waals surface area contributed by atoms with Gasteiger partial charge in [0.25, 0.3) is 0 Å². The van der Waals surface area contributed by atoms with Crippen LogP contribution in [0.1, 0.15) is 0 Å². The molecule has 0 aliphatic rings. The third-order valence-electron chi connectivity index (χ3n) is 9.59. The minimum atomic E-state index is 0.656. The Hall–Kier alpha value is -7.11. The van der Waals surface area contributed by atoms with Gasteiger partial charge in [-0.25, -0.2) is 24.9 Å². The van der Waals surface area contributed by atoms with E-state index in [4.69, 9.17) is 24.9 Å². The van der Waals surface area contributed by atoms with Gasteiger partial charge in [-0.2, -0.15) is 0 Å². The van der Waals surface area contributed by atoms with Gasteiger partial charge < -0.3 is 0 Å². The number of hydrogen-bond donors (Lipinski definition) is 0. The maximum Gasteiger partial charge on any atom is 0.160 e. The quantitative estimate of drug-likeness (QED) is 0.171. The average Bonchev–Trinajstić information content (AvgIpc) is 3.22. The normalized spacial score (nSPS) is 11.5. The van der Waals surface area contributed by atoms with Crippen LogP contribution in [0.5, 0.6) is 0 Å². The first-order valence-corrected chi connectivity index (χ1v) is 17.3. The Balaban J connectivity index is 1.19. The lowest BCUT2D eigenvalue weighted by molar-refractivity contribution is 1.18. The van der Waals surface area contributed by atoms with Crippen LogP contribution < -0.4 is 0 Å². The van der Waals surface area contributed by atoms with Crippen LogP contribution in [0.3, 0.4) is 0 Å². The Morgan fingerprint density at radius 2 is 0.673 bits per heavy atom. The molecule has 0 saturated heterocycles. The van der Waals surface area contributed by atoms with E-state index in [2.05, 4.69) is 127 Å². The fraction of sp³-hybridized carbons (Fsp3) is 0. The van der Waals surface area contributed by atoms with E-state index in [9.17, 15) is 0 Å². The standard InChI is InChI=1S/C47H29N5/c1-3-11-30(12-4-1)43-29-44(52-47(51-43)31-13-5-2-6-14-31)38-27-45(39-21-19-36-23-32-15-7-9-17-34(32)25-41(36)48-39)50-46(28-38)40-22-20-37-24-33-16-8-10-18-35(33)26-42(37)49-40/h1-29H. The van der Waals surface area contributed by atoms with Gasteiger partial charge in [0.05, 0.1) is 45.2 Å². The van der Waals surface area contributed by atoms with Crippen LogP contribution in [0.15, 0.2) is 176 Å². The molecular weight excluding hydrogens is 635 g/mol. The van der Waals surface area contributed by atoms with Crippen LogP contribution in [-0.2, 0) is 0 Å². The summed E-state index contributed by atoms with van der Waals surface area (Å²) in [6, 6.07) is 60.4. The van der Waals surface area contributed by atoms with Crippen molar-refractivity contribution in [2.24, 2.45) is 0 Å². The largest absolute Gasteiger partial charge is 0.246 e. The Labute approximate surface area is 300 Å². The van der Waals surface area contributed by atoms with Crippen LogP contribution in [0.25, 0.3) is 100 Å². The predicted octanol–water partition coefficient (Wildman–Crippen LogP) is 11.6. The van der Waals surface area contributed by atoms with Crippen molar-refractivity contribution in [3.05, 3.63) is 176 Å². The first-order valence-electron chi connectivity index (χ1n) is 17.3. The summed E-state index contributed by atoms with van der Waals surface area (Å²) in [6.07, 6.45) is 0. The molecule has 52 heavy (non-hydrogen) atoms. The van der Waals surface area contributed by atoms with Gasteiger partial charge in [-0.05, 0) is 76.1 Å². The minimum absolute atomic E-state index is 0.656. The smallest absolute Gasteiger partial charge is 0.160 e. The minimum Gasteiger partial charge on any atom is -0.246 e. The van der Waals surface area contributed by atoms with Crippen molar-refractivity contribution in [1.29, 1.82) is 0 Å². The fourth-order valence-electron chi connectivity index (χ4n) is 6.92. The number of benzene rings is 6. The highest BCUT2D eigenvalue weighted by molar-refractivity contribution is 5.98. The molecule has 4 aromatic heterocycles. The second-order valence-electron chi connectivity index (χ2n) is 13.0. The number of aromatic nitrogens is 5. The van der Waals surface area contributed by atoms with Crippen molar-refractivity contribution in [1.82, 2.24) is 24.9 Å². The highest BCUT2D eigenvalue weighted by Crippen LogP contribution is 2.34. The van der Waals surface area contributed by atoms with Crippen molar-refractivity contribution in [3.63, 3.8) is 0 Å². The molecule has 4 heterocycles. The first-order chi connectivity index (χ1) is 25.7. The van der Waals surface area contributed by atoms with E-state index < -0.39 is 0 Å². The second kappa shape index (κ2) is 12.3. The molecule has 10 rings (SSSR count). The molecule has 5 nitrogen and oxygen atoms in total. The molecular formula is C47H29N5. The second-order valence-corrected chi connectivity index (χ2v) is 13.0. The lowest BCUT2D eigenvalue weighted by Crippen LogP contribution is -1.98. The summed E-state index contributed by atoms with van der Waals surface area (Å²) in [5.74, 6) is 0.656. The fourth-order valence-corrected chi connectivity index (χ4v) is 6.92. The maximum atomic E-state index is 5.23. The van der Waals surface area contributed by atoms with Gasteiger partial charge in [-0.3, -0.25) is 0 Å². The van der Waals surface area contributed by atoms with E-state index in [0.717, 1.165) is 83.4 Å². The number of hydrogen-bond acceptors (Lipinski definition) is 5. The molecule has 10 aromatic rings. The monoisotopic (exact) mass is 663 g/mol. The zero-order chi connectivity index (χ0) is 34.4. The molecule has 0 aliphatic carbocycles. The van der Waals surface area contributed by atoms with E-state index in [1.165, 1.54) is 10.8 Å². The topological polar surface area (TPSA) is 64.5 Å². The van der Waals surface area contributed by atoms with Crippen LogP contribution >= 0.6 is 0 Å². The molecule has 0 unspecified atom stereocenters. The highest BCUT2D eigenvalue weighted by Gasteiger charge is 2.16. The van der Waals surface area contributed by atoms with Crippen LogP contribution in [0, 0.1) is 0 Å². The molecule has 0 spiro atoms. The summed E-state index contributed by atoms with van der Waals surface area (Å²) in [5.41, 5.74) is 9.36. The molecule has 0 fully saturated rings. The van der Waals surface area contributed by atoms with E-state index in [1.807, 2.05) is 48.5 Å². The van der Waals surface area contributed by atoms with Gasteiger partial charge in [-0.1, -0.05) is 121 Å². The summed E-state index contributed by atoms with van der Waals surface area (Å²) in [7, 11) is 0. The van der Waals surface area contributed by atoms with Crippen molar-refractivity contribution < 1.29 is 0 Å². The van der Waals surface area contributed by atoms with Crippen LogP contribution in [0.2, 0.25) is 0 Å². The molecule has 5 heteroatoms. The van der Waals surface area contributed by atoms with Gasteiger partial charge in [0.1, 0.15) is 0 Å². The zero-order valence-corrected chi connectivity index (χ0v) is 28.0. The summed E-state index contributed by atoms with van der Waals surface area (Å²) >= 11 is 0. The van der Waals surface area contributed by atoms with E-state index >= 15 is 0 Å². The molecule has 0 aliphatic heterocycles. The SMILES string of the molecule is c1ccc(-c2cc(-c3cc(-c4ccc5cc6ccccc6cc5n4)nc(-c4ccc5cc6ccccc6cc5n4)c3)nc(-c3ccccc3)n2)cc1. The summed E-state index contributed by atoms with van der Waals surface area (Å²) in [6.45, 7) is 0. The molecule has 0 radical (unpaired) electrons. The van der Waals surface area contributed by atoms with E-state index in [0.29, 0.717) is 5.82 Å². The molecule has 0 bridgehead atoms. The first kappa shape index (κ1) is 29.8. The van der Waals surface area contributed by atoms with Crippen molar-refractivity contribution in [3.8, 4) is 56.7 Å². The lowest BCUT2D eigenvalue weighted by atomic mass is 10.0. The third kappa shape index (κ3) is 5.51. The Kier molecular flexibility index (Phi) is 7.07. The lowest BCUT2D eigenvalue weighted by Gasteiger charge is -2.13. The Morgan fingerprint density at radius 3 is 1.19 bits per heavy atom. The van der Waals surface area contributed by atoms with Gasteiger partial charge in [0.15, 0.2) is 5.82 Å². The molecule has 0 saturated carbocycles. The molecule has 0 atom stereocenters. The van der Waals surface area contributed by atoms with E-state index in [1.54, 1.807) is 0 Å². The summed E-state index contributed by atoms with van der Waals surface area (Å²) in [4.78, 5) is 25.7. The Bertz CT molecular complexity index is 2760. The highest BCUT2D eigenvalue weighted by atomic mass is 14.9. The summed E-state index contributed by atoms with van der Waals surface area (Å²) < 4.78 is 0. The average molecular weight is 664 g/mol. The van der Waals surface area contributed by atoms with Crippen molar-refractivity contribution in [2.75, 3.05) is 0 Å². The van der Waals surface area contributed by atoms with Gasteiger partial charge in [0, 0.05) is 27.5 Å². The van der Waals surface area contributed by atoms with Crippen molar-refractivity contribution >= 4 is 43.4 Å². The molecule has 242 valence electrons. The van der Waals surface area contributed by atoms with Crippen molar-refractivity contribution in [2.45, 2.75) is 0 Å². The molecule has 6 aromatic carbocycles. The molecule has 0 N–H and O–H groups in total.